The molecule has 0 bridgehead atoms. The third-order valence-electron chi connectivity index (χ3n) is 4.14. The van der Waals surface area contributed by atoms with Crippen molar-refractivity contribution in [3.63, 3.8) is 0 Å². The lowest BCUT2D eigenvalue weighted by molar-refractivity contribution is -0.119. The Morgan fingerprint density at radius 2 is 1.92 bits per heavy atom. The van der Waals surface area contributed by atoms with E-state index in [1.807, 2.05) is 0 Å². The van der Waals surface area contributed by atoms with E-state index in [0.29, 0.717) is 35.1 Å². The molecular weight excluding hydrogens is 363 g/mol. The summed E-state index contributed by atoms with van der Waals surface area (Å²) in [6.45, 7) is 0.459. The van der Waals surface area contributed by atoms with Gasteiger partial charge in [-0.3, -0.25) is 9.59 Å². The molecule has 2 N–H and O–H groups in total. The third kappa shape index (κ3) is 3.72. The van der Waals surface area contributed by atoms with E-state index < -0.39 is 6.04 Å². The van der Waals surface area contributed by atoms with Crippen LogP contribution >= 0.6 is 23.2 Å². The lowest BCUT2D eigenvalue weighted by Crippen LogP contribution is -2.43. The number of anilines is 1. The Hall–Kier alpha value is -2.24. The summed E-state index contributed by atoms with van der Waals surface area (Å²) < 4.78 is 0. The van der Waals surface area contributed by atoms with Crippen molar-refractivity contribution in [2.24, 2.45) is 0 Å². The molecule has 25 heavy (non-hydrogen) atoms. The summed E-state index contributed by atoms with van der Waals surface area (Å²) in [7, 11) is 0. The SMILES string of the molecule is O=C(Nc1ccccc1O)C1CCCN1C(=O)c1cc(Cl)ccc1Cl. The summed E-state index contributed by atoms with van der Waals surface area (Å²) >= 11 is 12.1. The molecule has 1 heterocycles. The molecule has 7 heteroatoms. The van der Waals surface area contributed by atoms with E-state index in [1.165, 1.54) is 17.0 Å². The van der Waals surface area contributed by atoms with Crippen LogP contribution in [0.2, 0.25) is 10.0 Å². The number of amides is 2. The second-order valence-electron chi connectivity index (χ2n) is 5.79. The third-order valence-corrected chi connectivity index (χ3v) is 4.70. The number of benzene rings is 2. The molecule has 1 atom stereocenters. The smallest absolute Gasteiger partial charge is 0.256 e. The molecule has 0 aliphatic carbocycles. The van der Waals surface area contributed by atoms with Gasteiger partial charge in [-0.05, 0) is 43.2 Å². The second-order valence-corrected chi connectivity index (χ2v) is 6.63. The van der Waals surface area contributed by atoms with Crippen LogP contribution in [0.25, 0.3) is 0 Å². The maximum atomic E-state index is 12.8. The van der Waals surface area contributed by atoms with Crippen LogP contribution in [0.1, 0.15) is 23.2 Å². The number of halogens is 2. The van der Waals surface area contributed by atoms with Gasteiger partial charge in [0.1, 0.15) is 11.8 Å². The Bertz CT molecular complexity index is 826. The van der Waals surface area contributed by atoms with Gasteiger partial charge in [-0.15, -0.1) is 0 Å². The van der Waals surface area contributed by atoms with Crippen LogP contribution in [-0.2, 0) is 4.79 Å². The lowest BCUT2D eigenvalue weighted by atomic mass is 10.1. The van der Waals surface area contributed by atoms with Gasteiger partial charge in [-0.1, -0.05) is 35.3 Å². The Morgan fingerprint density at radius 1 is 1.16 bits per heavy atom. The van der Waals surface area contributed by atoms with Gasteiger partial charge in [-0.2, -0.15) is 0 Å². The summed E-state index contributed by atoms with van der Waals surface area (Å²) in [5.41, 5.74) is 0.587. The average molecular weight is 379 g/mol. The molecule has 0 saturated carbocycles. The van der Waals surface area contributed by atoms with Crippen LogP contribution in [0, 0.1) is 0 Å². The number of nitrogens with zero attached hydrogens (tertiary/aromatic N) is 1. The number of carbonyl (C=O) groups is 2. The molecule has 2 amide bonds. The predicted molar refractivity (Wildman–Crippen MR) is 97.3 cm³/mol. The first-order valence-corrected chi connectivity index (χ1v) is 8.58. The number of carbonyl (C=O) groups excluding carboxylic acids is 2. The largest absolute Gasteiger partial charge is 0.506 e. The zero-order valence-electron chi connectivity index (χ0n) is 13.2. The molecule has 0 spiro atoms. The molecular formula is C18H16Cl2N2O3. The average Bonchev–Trinajstić information content (AvgIpc) is 3.08. The van der Waals surface area contributed by atoms with Crippen molar-refractivity contribution in [3.8, 4) is 5.75 Å². The van der Waals surface area contributed by atoms with Crippen molar-refractivity contribution >= 4 is 40.7 Å². The lowest BCUT2D eigenvalue weighted by Gasteiger charge is -2.24. The molecule has 1 aliphatic heterocycles. The maximum Gasteiger partial charge on any atom is 0.256 e. The van der Waals surface area contributed by atoms with Crippen LogP contribution < -0.4 is 5.32 Å². The van der Waals surface area contributed by atoms with Crippen LogP contribution in [0.15, 0.2) is 42.5 Å². The Kier molecular flexibility index (Phi) is 5.16. The molecule has 1 fully saturated rings. The van der Waals surface area contributed by atoms with Crippen LogP contribution in [0.3, 0.4) is 0 Å². The molecule has 2 aromatic carbocycles. The number of hydrogen-bond donors (Lipinski definition) is 2. The fourth-order valence-electron chi connectivity index (χ4n) is 2.89. The summed E-state index contributed by atoms with van der Waals surface area (Å²) in [6, 6.07) is 10.5. The summed E-state index contributed by atoms with van der Waals surface area (Å²) in [6.07, 6.45) is 1.26. The summed E-state index contributed by atoms with van der Waals surface area (Å²) in [5.74, 6) is -0.697. The Balaban J connectivity index is 1.80. The van der Waals surface area contributed by atoms with E-state index in [0.717, 1.165) is 0 Å². The van der Waals surface area contributed by atoms with E-state index in [-0.39, 0.29) is 23.1 Å². The van der Waals surface area contributed by atoms with Crippen molar-refractivity contribution in [2.75, 3.05) is 11.9 Å². The quantitative estimate of drug-likeness (QED) is 0.794. The topological polar surface area (TPSA) is 69.6 Å². The highest BCUT2D eigenvalue weighted by Crippen LogP contribution is 2.28. The standard InChI is InChI=1S/C18H16Cl2N2O3/c19-11-7-8-13(20)12(10-11)18(25)22-9-3-5-15(22)17(24)21-14-4-1-2-6-16(14)23/h1-2,4,6-8,10,15,23H,3,5,9H2,(H,21,24). The van der Waals surface area contributed by atoms with E-state index in [9.17, 15) is 14.7 Å². The number of aromatic hydroxyl groups is 1. The number of phenolic OH excluding ortho intramolecular Hbond substituents is 1. The van der Waals surface area contributed by atoms with Gasteiger partial charge in [0, 0.05) is 11.6 Å². The van der Waals surface area contributed by atoms with Crippen LogP contribution in [0.5, 0.6) is 5.75 Å². The fraction of sp³-hybridized carbons (Fsp3) is 0.222. The number of para-hydroxylation sites is 2. The van der Waals surface area contributed by atoms with Gasteiger partial charge in [0.05, 0.1) is 16.3 Å². The molecule has 130 valence electrons. The molecule has 1 unspecified atom stereocenters. The molecule has 1 saturated heterocycles. The first kappa shape index (κ1) is 17.6. The van der Waals surface area contributed by atoms with Crippen molar-refractivity contribution in [2.45, 2.75) is 18.9 Å². The molecule has 1 aliphatic rings. The Morgan fingerprint density at radius 3 is 2.68 bits per heavy atom. The van der Waals surface area contributed by atoms with Crippen LogP contribution in [0.4, 0.5) is 5.69 Å². The molecule has 5 nitrogen and oxygen atoms in total. The van der Waals surface area contributed by atoms with Crippen LogP contribution in [-0.4, -0.2) is 34.4 Å². The van der Waals surface area contributed by atoms with E-state index in [4.69, 9.17) is 23.2 Å². The van der Waals surface area contributed by atoms with E-state index in [2.05, 4.69) is 5.32 Å². The number of rotatable bonds is 3. The summed E-state index contributed by atoms with van der Waals surface area (Å²) in [4.78, 5) is 26.9. The molecule has 3 rings (SSSR count). The first-order chi connectivity index (χ1) is 12.0. The first-order valence-electron chi connectivity index (χ1n) is 7.82. The summed E-state index contributed by atoms with van der Waals surface area (Å²) in [5, 5.41) is 13.2. The minimum Gasteiger partial charge on any atom is -0.506 e. The number of likely N-dealkylation sites (tertiary alicyclic amines) is 1. The predicted octanol–water partition coefficient (Wildman–Crippen LogP) is 3.94. The highest BCUT2D eigenvalue weighted by Gasteiger charge is 2.35. The monoisotopic (exact) mass is 378 g/mol. The highest BCUT2D eigenvalue weighted by atomic mass is 35.5. The number of hydrogen-bond acceptors (Lipinski definition) is 3. The zero-order valence-corrected chi connectivity index (χ0v) is 14.7. The molecule has 2 aromatic rings. The normalized spacial score (nSPS) is 16.7. The number of phenols is 1. The van der Waals surface area contributed by atoms with E-state index in [1.54, 1.807) is 30.3 Å². The fourth-order valence-corrected chi connectivity index (χ4v) is 3.26. The van der Waals surface area contributed by atoms with E-state index >= 15 is 0 Å². The van der Waals surface area contributed by atoms with Gasteiger partial charge < -0.3 is 15.3 Å². The molecule has 0 aromatic heterocycles. The zero-order chi connectivity index (χ0) is 18.0. The van der Waals surface area contributed by atoms with Crippen molar-refractivity contribution in [3.05, 3.63) is 58.1 Å². The minimum absolute atomic E-state index is 0.0235. The van der Waals surface area contributed by atoms with Crippen molar-refractivity contribution < 1.29 is 14.7 Å². The second kappa shape index (κ2) is 7.33. The van der Waals surface area contributed by atoms with Gasteiger partial charge in [0.15, 0.2) is 0 Å². The molecule has 0 radical (unpaired) electrons. The minimum atomic E-state index is -0.623. The van der Waals surface area contributed by atoms with Gasteiger partial charge in [0.25, 0.3) is 5.91 Å². The Labute approximate surface area is 155 Å². The van der Waals surface area contributed by atoms with Gasteiger partial charge >= 0.3 is 0 Å². The van der Waals surface area contributed by atoms with Crippen molar-refractivity contribution in [1.82, 2.24) is 4.90 Å². The van der Waals surface area contributed by atoms with Gasteiger partial charge in [-0.25, -0.2) is 0 Å². The van der Waals surface area contributed by atoms with Gasteiger partial charge in [0.2, 0.25) is 5.91 Å². The maximum absolute atomic E-state index is 12.8. The highest BCUT2D eigenvalue weighted by molar-refractivity contribution is 6.35. The van der Waals surface area contributed by atoms with Crippen molar-refractivity contribution in [1.29, 1.82) is 0 Å². The number of nitrogens with one attached hydrogen (secondary N) is 1.